The number of carbonyl (C=O) groups excluding carboxylic acids is 1. The lowest BCUT2D eigenvalue weighted by molar-refractivity contribution is -0.117. The summed E-state index contributed by atoms with van der Waals surface area (Å²) in [5.41, 5.74) is 1.32. The molecule has 18 heavy (non-hydrogen) atoms. The molecule has 4 heteroatoms. The van der Waals surface area contributed by atoms with Gasteiger partial charge in [0, 0.05) is 12.1 Å². The van der Waals surface area contributed by atoms with Crippen LogP contribution in [0.4, 0.5) is 5.69 Å². The molecular formula is C14H19NO3. The molecule has 0 heterocycles. The fraction of sp³-hybridized carbons (Fsp3) is 0.429. The summed E-state index contributed by atoms with van der Waals surface area (Å²) < 4.78 is 0. The van der Waals surface area contributed by atoms with Gasteiger partial charge in [-0.2, -0.15) is 0 Å². The van der Waals surface area contributed by atoms with E-state index < -0.39 is 5.97 Å². The van der Waals surface area contributed by atoms with E-state index in [1.165, 1.54) is 6.07 Å². The quantitative estimate of drug-likeness (QED) is 0.865. The normalized spacial score (nSPS) is 11.1. The average Bonchev–Trinajstić information content (AvgIpc) is 2.17. The van der Waals surface area contributed by atoms with Crippen LogP contribution in [0.2, 0.25) is 0 Å². The predicted octanol–water partition coefficient (Wildman–Crippen LogP) is 3.07. The molecular weight excluding hydrogens is 230 g/mol. The highest BCUT2D eigenvalue weighted by Crippen LogP contribution is 2.20. The Bertz CT molecular complexity index is 472. The van der Waals surface area contributed by atoms with Crippen molar-refractivity contribution in [3.8, 4) is 0 Å². The molecule has 0 aliphatic rings. The number of benzene rings is 1. The third-order valence-electron chi connectivity index (χ3n) is 2.44. The van der Waals surface area contributed by atoms with Crippen LogP contribution >= 0.6 is 0 Å². The van der Waals surface area contributed by atoms with E-state index in [9.17, 15) is 9.59 Å². The summed E-state index contributed by atoms with van der Waals surface area (Å²) in [4.78, 5) is 22.7. The van der Waals surface area contributed by atoms with Gasteiger partial charge >= 0.3 is 5.97 Å². The van der Waals surface area contributed by atoms with Gasteiger partial charge in [0.1, 0.15) is 0 Å². The van der Waals surface area contributed by atoms with E-state index in [0.29, 0.717) is 17.7 Å². The van der Waals surface area contributed by atoms with Crippen molar-refractivity contribution in [3.63, 3.8) is 0 Å². The fourth-order valence-corrected chi connectivity index (χ4v) is 1.62. The molecule has 0 saturated heterocycles. The van der Waals surface area contributed by atoms with Gasteiger partial charge in [-0.1, -0.05) is 26.8 Å². The van der Waals surface area contributed by atoms with Gasteiger partial charge in [-0.05, 0) is 30.0 Å². The number of nitrogens with one attached hydrogen (secondary N) is 1. The largest absolute Gasteiger partial charge is 0.478 e. The molecule has 1 aromatic rings. The fourth-order valence-electron chi connectivity index (χ4n) is 1.62. The van der Waals surface area contributed by atoms with E-state index in [2.05, 4.69) is 5.32 Å². The summed E-state index contributed by atoms with van der Waals surface area (Å²) in [5.74, 6) is -1.10. The molecule has 0 aliphatic heterocycles. The topological polar surface area (TPSA) is 66.4 Å². The number of rotatable bonds is 3. The number of carboxylic acid groups (broad SMARTS) is 1. The highest BCUT2D eigenvalue weighted by molar-refractivity contribution is 5.94. The van der Waals surface area contributed by atoms with Gasteiger partial charge in [0.25, 0.3) is 0 Å². The molecule has 98 valence electrons. The second kappa shape index (κ2) is 5.21. The molecule has 0 radical (unpaired) electrons. The highest BCUT2D eigenvalue weighted by atomic mass is 16.4. The summed E-state index contributed by atoms with van der Waals surface area (Å²) in [6.45, 7) is 7.66. The molecule has 1 aromatic carbocycles. The minimum Gasteiger partial charge on any atom is -0.478 e. The molecule has 0 bridgehead atoms. The van der Waals surface area contributed by atoms with Crippen molar-refractivity contribution in [2.24, 2.45) is 5.41 Å². The zero-order valence-electron chi connectivity index (χ0n) is 11.2. The lowest BCUT2D eigenvalue weighted by Crippen LogP contribution is -2.19. The van der Waals surface area contributed by atoms with Crippen LogP contribution in [0.25, 0.3) is 0 Å². The second-order valence-electron chi connectivity index (χ2n) is 5.62. The van der Waals surface area contributed by atoms with Gasteiger partial charge in [-0.3, -0.25) is 4.79 Å². The number of hydrogen-bond acceptors (Lipinski definition) is 2. The summed E-state index contributed by atoms with van der Waals surface area (Å²) >= 11 is 0. The van der Waals surface area contributed by atoms with Gasteiger partial charge in [0.15, 0.2) is 0 Å². The molecule has 1 rings (SSSR count). The standard InChI is InChI=1S/C14H19NO3/c1-9-5-6-10(7-11(9)13(17)18)15-12(16)8-14(2,3)4/h5-7H,8H2,1-4H3,(H,15,16)(H,17,18). The van der Waals surface area contributed by atoms with Crippen LogP contribution in [0.3, 0.4) is 0 Å². The second-order valence-corrected chi connectivity index (χ2v) is 5.62. The van der Waals surface area contributed by atoms with Crippen molar-refractivity contribution in [2.75, 3.05) is 5.32 Å². The van der Waals surface area contributed by atoms with E-state index in [-0.39, 0.29) is 16.9 Å². The van der Waals surface area contributed by atoms with E-state index in [0.717, 1.165) is 0 Å². The lowest BCUT2D eigenvalue weighted by atomic mass is 9.92. The van der Waals surface area contributed by atoms with Crippen molar-refractivity contribution < 1.29 is 14.7 Å². The first-order valence-corrected chi connectivity index (χ1v) is 5.83. The van der Waals surface area contributed by atoms with Crippen LogP contribution in [0.1, 0.15) is 43.1 Å². The third-order valence-corrected chi connectivity index (χ3v) is 2.44. The Morgan fingerprint density at radius 3 is 2.39 bits per heavy atom. The number of hydrogen-bond donors (Lipinski definition) is 2. The summed E-state index contributed by atoms with van der Waals surface area (Å²) in [6, 6.07) is 4.89. The Labute approximate surface area is 107 Å². The first-order valence-electron chi connectivity index (χ1n) is 5.83. The zero-order valence-corrected chi connectivity index (χ0v) is 11.2. The maximum atomic E-state index is 11.7. The molecule has 0 fully saturated rings. The van der Waals surface area contributed by atoms with E-state index in [1.54, 1.807) is 19.1 Å². The summed E-state index contributed by atoms with van der Waals surface area (Å²) in [7, 11) is 0. The Kier molecular flexibility index (Phi) is 4.11. The molecule has 0 saturated carbocycles. The first-order chi connectivity index (χ1) is 8.19. The average molecular weight is 249 g/mol. The minimum atomic E-state index is -0.987. The maximum absolute atomic E-state index is 11.7. The van der Waals surface area contributed by atoms with Crippen LogP contribution < -0.4 is 5.32 Å². The van der Waals surface area contributed by atoms with Gasteiger partial charge in [0.2, 0.25) is 5.91 Å². The number of carbonyl (C=O) groups is 2. The van der Waals surface area contributed by atoms with Gasteiger partial charge in [-0.25, -0.2) is 4.79 Å². The van der Waals surface area contributed by atoms with Crippen molar-refractivity contribution in [2.45, 2.75) is 34.1 Å². The van der Waals surface area contributed by atoms with Crippen molar-refractivity contribution in [1.82, 2.24) is 0 Å². The summed E-state index contributed by atoms with van der Waals surface area (Å²) in [6.07, 6.45) is 0.392. The number of amides is 1. The predicted molar refractivity (Wildman–Crippen MR) is 70.8 cm³/mol. The minimum absolute atomic E-state index is 0.0928. The molecule has 1 amide bonds. The van der Waals surface area contributed by atoms with Crippen LogP contribution in [0, 0.1) is 12.3 Å². The van der Waals surface area contributed by atoms with Crippen LogP contribution in [-0.4, -0.2) is 17.0 Å². The van der Waals surface area contributed by atoms with E-state index >= 15 is 0 Å². The van der Waals surface area contributed by atoms with Crippen molar-refractivity contribution in [1.29, 1.82) is 0 Å². The van der Waals surface area contributed by atoms with Gasteiger partial charge in [0.05, 0.1) is 5.56 Å². The molecule has 0 atom stereocenters. The molecule has 4 nitrogen and oxygen atoms in total. The van der Waals surface area contributed by atoms with Gasteiger partial charge < -0.3 is 10.4 Å². The molecule has 2 N–H and O–H groups in total. The maximum Gasteiger partial charge on any atom is 0.336 e. The number of aryl methyl sites for hydroxylation is 1. The number of anilines is 1. The number of carboxylic acids is 1. The van der Waals surface area contributed by atoms with Crippen LogP contribution in [-0.2, 0) is 4.79 Å². The monoisotopic (exact) mass is 249 g/mol. The zero-order chi connectivity index (χ0) is 13.9. The summed E-state index contributed by atoms with van der Waals surface area (Å²) in [5, 5.41) is 11.7. The Hall–Kier alpha value is -1.84. The molecule has 0 unspecified atom stereocenters. The Morgan fingerprint density at radius 1 is 1.28 bits per heavy atom. The van der Waals surface area contributed by atoms with Gasteiger partial charge in [-0.15, -0.1) is 0 Å². The van der Waals surface area contributed by atoms with E-state index in [1.807, 2.05) is 20.8 Å². The number of aromatic carboxylic acids is 1. The third kappa shape index (κ3) is 4.20. The molecule has 0 aliphatic carbocycles. The first kappa shape index (κ1) is 14.2. The molecule has 0 spiro atoms. The van der Waals surface area contributed by atoms with Crippen molar-refractivity contribution in [3.05, 3.63) is 29.3 Å². The van der Waals surface area contributed by atoms with Crippen LogP contribution in [0.5, 0.6) is 0 Å². The smallest absolute Gasteiger partial charge is 0.336 e. The highest BCUT2D eigenvalue weighted by Gasteiger charge is 2.16. The Morgan fingerprint density at radius 2 is 1.89 bits per heavy atom. The lowest BCUT2D eigenvalue weighted by Gasteiger charge is -2.17. The van der Waals surface area contributed by atoms with E-state index in [4.69, 9.17) is 5.11 Å². The Balaban J connectivity index is 2.83. The SMILES string of the molecule is Cc1ccc(NC(=O)CC(C)(C)C)cc1C(=O)O. The van der Waals surface area contributed by atoms with Crippen molar-refractivity contribution >= 4 is 17.6 Å². The van der Waals surface area contributed by atoms with Crippen LogP contribution in [0.15, 0.2) is 18.2 Å². The molecule has 0 aromatic heterocycles.